The Morgan fingerprint density at radius 3 is 2.39 bits per heavy atom. The number of piperidine rings is 1. The molecule has 100 valence electrons. The molecular weight excluding hydrogens is 246 g/mol. The van der Waals surface area contributed by atoms with Crippen LogP contribution in [0.15, 0.2) is 0 Å². The van der Waals surface area contributed by atoms with Crippen molar-refractivity contribution in [3.8, 4) is 0 Å². The first kappa shape index (κ1) is 13.6. The minimum atomic E-state index is 0.496. The maximum absolute atomic E-state index is 6.14. The Labute approximate surface area is 115 Å². The summed E-state index contributed by atoms with van der Waals surface area (Å²) in [5, 5.41) is 0.585. The molecule has 1 saturated heterocycles. The maximum Gasteiger partial charge on any atom is 0.137 e. The number of rotatable bonds is 2. The predicted octanol–water partition coefficient (Wildman–Crippen LogP) is 3.76. The number of halogens is 1. The SMILES string of the molecule is CCC1(C)CCN(c2nc(C)nc(Cl)c2C)CC1. The lowest BCUT2D eigenvalue weighted by atomic mass is 9.78. The van der Waals surface area contributed by atoms with Crippen molar-refractivity contribution in [3.05, 3.63) is 16.5 Å². The third kappa shape index (κ3) is 2.61. The van der Waals surface area contributed by atoms with Crippen molar-refractivity contribution >= 4 is 17.4 Å². The van der Waals surface area contributed by atoms with Crippen LogP contribution >= 0.6 is 11.6 Å². The minimum absolute atomic E-state index is 0.496. The summed E-state index contributed by atoms with van der Waals surface area (Å²) < 4.78 is 0. The number of hydrogen-bond acceptors (Lipinski definition) is 3. The van der Waals surface area contributed by atoms with Crippen LogP contribution in [0.1, 0.15) is 44.5 Å². The van der Waals surface area contributed by atoms with Gasteiger partial charge in [-0.2, -0.15) is 0 Å². The molecule has 0 unspecified atom stereocenters. The van der Waals surface area contributed by atoms with Gasteiger partial charge in [0.25, 0.3) is 0 Å². The maximum atomic E-state index is 6.14. The molecule has 0 radical (unpaired) electrons. The van der Waals surface area contributed by atoms with E-state index in [1.54, 1.807) is 0 Å². The molecule has 0 bridgehead atoms. The lowest BCUT2D eigenvalue weighted by Crippen LogP contribution is -2.39. The number of aryl methyl sites for hydroxylation is 1. The third-order valence-corrected chi connectivity index (χ3v) is 4.66. The van der Waals surface area contributed by atoms with E-state index in [0.29, 0.717) is 10.6 Å². The normalized spacial score (nSPS) is 19.1. The Kier molecular flexibility index (Phi) is 3.81. The van der Waals surface area contributed by atoms with Crippen LogP contribution in [0.2, 0.25) is 5.15 Å². The van der Waals surface area contributed by atoms with E-state index in [0.717, 1.165) is 30.3 Å². The van der Waals surface area contributed by atoms with Gasteiger partial charge >= 0.3 is 0 Å². The Bertz CT molecular complexity index is 437. The van der Waals surface area contributed by atoms with Gasteiger partial charge in [0.15, 0.2) is 0 Å². The molecule has 3 nitrogen and oxygen atoms in total. The minimum Gasteiger partial charge on any atom is -0.356 e. The summed E-state index contributed by atoms with van der Waals surface area (Å²) >= 11 is 6.14. The Balaban J connectivity index is 2.20. The molecule has 0 N–H and O–H groups in total. The summed E-state index contributed by atoms with van der Waals surface area (Å²) in [4.78, 5) is 11.1. The van der Waals surface area contributed by atoms with E-state index in [-0.39, 0.29) is 0 Å². The second-order valence-corrected chi connectivity index (χ2v) is 6.02. The van der Waals surface area contributed by atoms with E-state index in [1.807, 2.05) is 13.8 Å². The van der Waals surface area contributed by atoms with Gasteiger partial charge in [-0.15, -0.1) is 0 Å². The van der Waals surface area contributed by atoms with Gasteiger partial charge in [0.2, 0.25) is 0 Å². The van der Waals surface area contributed by atoms with Crippen LogP contribution in [-0.4, -0.2) is 23.1 Å². The highest BCUT2D eigenvalue weighted by Gasteiger charge is 2.29. The van der Waals surface area contributed by atoms with E-state index in [9.17, 15) is 0 Å². The molecule has 0 atom stereocenters. The monoisotopic (exact) mass is 267 g/mol. The summed E-state index contributed by atoms with van der Waals surface area (Å²) in [6, 6.07) is 0. The van der Waals surface area contributed by atoms with Gasteiger partial charge in [0.05, 0.1) is 0 Å². The fourth-order valence-electron chi connectivity index (χ4n) is 2.50. The average molecular weight is 268 g/mol. The van der Waals surface area contributed by atoms with Crippen LogP contribution < -0.4 is 4.90 Å². The van der Waals surface area contributed by atoms with Crippen molar-refractivity contribution in [1.29, 1.82) is 0 Å². The largest absolute Gasteiger partial charge is 0.356 e. The molecule has 0 aliphatic carbocycles. The van der Waals surface area contributed by atoms with Gasteiger partial charge < -0.3 is 4.90 Å². The topological polar surface area (TPSA) is 29.0 Å². The van der Waals surface area contributed by atoms with Crippen LogP contribution in [0.4, 0.5) is 5.82 Å². The molecule has 0 amide bonds. The van der Waals surface area contributed by atoms with Crippen LogP contribution in [0.25, 0.3) is 0 Å². The van der Waals surface area contributed by atoms with Crippen molar-refractivity contribution in [2.75, 3.05) is 18.0 Å². The lowest BCUT2D eigenvalue weighted by molar-refractivity contribution is 0.237. The van der Waals surface area contributed by atoms with Crippen LogP contribution in [-0.2, 0) is 0 Å². The second-order valence-electron chi connectivity index (χ2n) is 5.66. The molecular formula is C14H22ClN3. The Morgan fingerprint density at radius 1 is 1.22 bits per heavy atom. The molecule has 0 saturated carbocycles. The van der Waals surface area contributed by atoms with E-state index in [1.165, 1.54) is 19.3 Å². The van der Waals surface area contributed by atoms with Gasteiger partial charge in [-0.25, -0.2) is 9.97 Å². The van der Waals surface area contributed by atoms with E-state index >= 15 is 0 Å². The highest BCUT2D eigenvalue weighted by Crippen LogP contribution is 2.36. The predicted molar refractivity (Wildman–Crippen MR) is 76.4 cm³/mol. The van der Waals surface area contributed by atoms with Crippen molar-refractivity contribution in [1.82, 2.24) is 9.97 Å². The van der Waals surface area contributed by atoms with Crippen molar-refractivity contribution in [2.24, 2.45) is 5.41 Å². The molecule has 2 rings (SSSR count). The van der Waals surface area contributed by atoms with E-state index in [4.69, 9.17) is 11.6 Å². The molecule has 0 aromatic carbocycles. The highest BCUT2D eigenvalue weighted by atomic mass is 35.5. The molecule has 1 fully saturated rings. The first-order valence-corrected chi connectivity index (χ1v) is 7.09. The zero-order chi connectivity index (χ0) is 13.3. The summed E-state index contributed by atoms with van der Waals surface area (Å²) in [5.74, 6) is 1.77. The number of nitrogens with zero attached hydrogens (tertiary/aromatic N) is 3. The third-order valence-electron chi connectivity index (χ3n) is 4.30. The highest BCUT2D eigenvalue weighted by molar-refractivity contribution is 6.30. The molecule has 1 aromatic rings. The first-order valence-electron chi connectivity index (χ1n) is 6.71. The summed E-state index contributed by atoms with van der Waals surface area (Å²) in [6.07, 6.45) is 3.70. The number of anilines is 1. The van der Waals surface area contributed by atoms with Gasteiger partial charge in [0.1, 0.15) is 16.8 Å². The molecule has 18 heavy (non-hydrogen) atoms. The molecule has 1 aliphatic heterocycles. The Morgan fingerprint density at radius 2 is 1.83 bits per heavy atom. The van der Waals surface area contributed by atoms with E-state index in [2.05, 4.69) is 28.7 Å². The first-order chi connectivity index (χ1) is 8.45. The lowest BCUT2D eigenvalue weighted by Gasteiger charge is -2.40. The summed E-state index contributed by atoms with van der Waals surface area (Å²) in [5.41, 5.74) is 1.50. The summed E-state index contributed by atoms with van der Waals surface area (Å²) in [6.45, 7) is 10.7. The fraction of sp³-hybridized carbons (Fsp3) is 0.714. The molecule has 1 aromatic heterocycles. The Hall–Kier alpha value is -0.830. The van der Waals surface area contributed by atoms with Crippen LogP contribution in [0, 0.1) is 19.3 Å². The second kappa shape index (κ2) is 5.04. The quantitative estimate of drug-likeness (QED) is 0.764. The van der Waals surface area contributed by atoms with Crippen molar-refractivity contribution in [3.63, 3.8) is 0 Å². The van der Waals surface area contributed by atoms with Crippen molar-refractivity contribution < 1.29 is 0 Å². The number of aromatic nitrogens is 2. The smallest absolute Gasteiger partial charge is 0.137 e. The fourth-order valence-corrected chi connectivity index (χ4v) is 2.71. The average Bonchev–Trinajstić information content (AvgIpc) is 2.35. The molecule has 0 spiro atoms. The zero-order valence-corrected chi connectivity index (χ0v) is 12.5. The van der Waals surface area contributed by atoms with Gasteiger partial charge in [-0.1, -0.05) is 31.9 Å². The molecule has 1 aliphatic rings. The van der Waals surface area contributed by atoms with Gasteiger partial charge in [0, 0.05) is 18.7 Å². The number of hydrogen-bond donors (Lipinski definition) is 0. The summed E-state index contributed by atoms with van der Waals surface area (Å²) in [7, 11) is 0. The standard InChI is InChI=1S/C14H22ClN3/c1-5-14(4)6-8-18(9-7-14)13-10(2)12(15)16-11(3)17-13/h5-9H2,1-4H3. The molecule has 4 heteroatoms. The van der Waals surface area contributed by atoms with Crippen molar-refractivity contribution in [2.45, 2.75) is 47.0 Å². The van der Waals surface area contributed by atoms with Gasteiger partial charge in [-0.05, 0) is 32.1 Å². The van der Waals surface area contributed by atoms with E-state index < -0.39 is 0 Å². The van der Waals surface area contributed by atoms with Crippen LogP contribution in [0.5, 0.6) is 0 Å². The van der Waals surface area contributed by atoms with Gasteiger partial charge in [-0.3, -0.25) is 0 Å². The van der Waals surface area contributed by atoms with Crippen LogP contribution in [0.3, 0.4) is 0 Å². The molecule has 2 heterocycles. The zero-order valence-electron chi connectivity index (χ0n) is 11.8.